The zero-order chi connectivity index (χ0) is 19.8. The number of aryl methyl sites for hydroxylation is 1. The van der Waals surface area contributed by atoms with Crippen molar-refractivity contribution in [2.24, 2.45) is 0 Å². The Balaban J connectivity index is 1.77. The van der Waals surface area contributed by atoms with Crippen LogP contribution in [0.5, 0.6) is 17.2 Å². The molecule has 7 nitrogen and oxygen atoms in total. The van der Waals surface area contributed by atoms with E-state index >= 15 is 0 Å². The van der Waals surface area contributed by atoms with Crippen molar-refractivity contribution in [3.63, 3.8) is 0 Å². The minimum absolute atomic E-state index is 0.101. The van der Waals surface area contributed by atoms with E-state index < -0.39 is 5.97 Å². The van der Waals surface area contributed by atoms with Crippen molar-refractivity contribution in [3.8, 4) is 17.2 Å². The zero-order valence-corrected chi connectivity index (χ0v) is 16.2. The van der Waals surface area contributed by atoms with E-state index in [9.17, 15) is 9.90 Å². The van der Waals surface area contributed by atoms with E-state index in [2.05, 4.69) is 10.3 Å². The molecule has 0 aliphatic rings. The van der Waals surface area contributed by atoms with E-state index in [4.69, 9.17) is 26.4 Å². The Morgan fingerprint density at radius 2 is 2.00 bits per heavy atom. The summed E-state index contributed by atoms with van der Waals surface area (Å²) < 4.78 is 15.8. The van der Waals surface area contributed by atoms with Gasteiger partial charge in [-0.1, -0.05) is 29.9 Å². The van der Waals surface area contributed by atoms with Gasteiger partial charge in [0, 0.05) is 12.3 Å². The lowest BCUT2D eigenvalue weighted by atomic mass is 10.2. The minimum atomic E-state index is -0.501. The number of aromatic nitrogens is 1. The summed E-state index contributed by atoms with van der Waals surface area (Å²) in [4.78, 5) is 16.0. The first-order chi connectivity index (χ1) is 12.9. The van der Waals surface area contributed by atoms with Gasteiger partial charge in [0.25, 0.3) is 0 Å². The lowest BCUT2D eigenvalue weighted by Crippen LogP contribution is -2.32. The summed E-state index contributed by atoms with van der Waals surface area (Å²) in [5, 5.41) is 12.7. The summed E-state index contributed by atoms with van der Waals surface area (Å²) >= 11 is 5.15. The van der Waals surface area contributed by atoms with Crippen LogP contribution in [0, 0.1) is 6.92 Å². The first-order valence-electron chi connectivity index (χ1n) is 8.29. The van der Waals surface area contributed by atoms with Crippen LogP contribution in [-0.2, 0) is 9.53 Å². The van der Waals surface area contributed by atoms with Crippen molar-refractivity contribution in [1.82, 2.24) is 10.3 Å². The smallest absolute Gasteiger partial charge is 0.325 e. The van der Waals surface area contributed by atoms with Gasteiger partial charge in [-0.2, -0.15) is 0 Å². The molecule has 1 aromatic carbocycles. The van der Waals surface area contributed by atoms with Gasteiger partial charge >= 0.3 is 5.97 Å². The van der Waals surface area contributed by atoms with Gasteiger partial charge in [0.2, 0.25) is 0 Å². The molecule has 27 heavy (non-hydrogen) atoms. The van der Waals surface area contributed by atoms with Gasteiger partial charge in [0.1, 0.15) is 35.7 Å². The maximum Gasteiger partial charge on any atom is 0.325 e. The van der Waals surface area contributed by atoms with Crippen LogP contribution < -0.4 is 14.8 Å². The van der Waals surface area contributed by atoms with Gasteiger partial charge in [-0.15, -0.1) is 0 Å². The van der Waals surface area contributed by atoms with Crippen LogP contribution in [0.3, 0.4) is 0 Å². The monoisotopic (exact) mass is 390 g/mol. The molecule has 1 aromatic heterocycles. The van der Waals surface area contributed by atoms with Crippen LogP contribution in [0.1, 0.15) is 18.2 Å². The summed E-state index contributed by atoms with van der Waals surface area (Å²) in [6, 6.07) is 9.12. The molecule has 0 spiro atoms. The summed E-state index contributed by atoms with van der Waals surface area (Å²) in [7, 11) is 1.42. The number of carbonyl (C=O) groups is 1. The Morgan fingerprint density at radius 3 is 2.67 bits per heavy atom. The number of ether oxygens (including phenoxy) is 3. The number of nitrogens with one attached hydrogen (secondary N) is 1. The highest BCUT2D eigenvalue weighted by atomic mass is 32.1. The summed E-state index contributed by atoms with van der Waals surface area (Å²) in [6.07, 6.45) is 1.15. The molecule has 0 radical (unpaired) electrons. The normalized spacial score (nSPS) is 11.4. The minimum Gasteiger partial charge on any atom is -0.503 e. The number of benzene rings is 1. The van der Waals surface area contributed by atoms with Crippen molar-refractivity contribution in [3.05, 3.63) is 47.8 Å². The average molecular weight is 390 g/mol. The highest BCUT2D eigenvalue weighted by Gasteiger charge is 2.15. The molecule has 1 atom stereocenters. The first kappa shape index (κ1) is 20.4. The SMILES string of the molecule is COc1ccnc(C(=S)NCC(=O)OC[C@H](C)Oc2ccc(C)cc2)c1O. The molecule has 1 heterocycles. The van der Waals surface area contributed by atoms with Crippen molar-refractivity contribution in [2.75, 3.05) is 20.3 Å². The van der Waals surface area contributed by atoms with Crippen LogP contribution in [0.25, 0.3) is 0 Å². The molecule has 2 aromatic rings. The number of rotatable bonds is 8. The molecular formula is C19H22N2O5S. The fourth-order valence-electron chi connectivity index (χ4n) is 2.15. The largest absolute Gasteiger partial charge is 0.503 e. The number of nitrogens with zero attached hydrogens (tertiary/aromatic N) is 1. The molecule has 2 N–H and O–H groups in total. The number of hydrogen-bond acceptors (Lipinski definition) is 7. The van der Waals surface area contributed by atoms with Crippen molar-refractivity contribution in [2.45, 2.75) is 20.0 Å². The molecule has 0 saturated carbocycles. The van der Waals surface area contributed by atoms with Crippen LogP contribution in [0.4, 0.5) is 0 Å². The van der Waals surface area contributed by atoms with Crippen molar-refractivity contribution < 1.29 is 24.1 Å². The van der Waals surface area contributed by atoms with Gasteiger partial charge in [-0.05, 0) is 26.0 Å². The van der Waals surface area contributed by atoms with E-state index in [1.54, 1.807) is 0 Å². The van der Waals surface area contributed by atoms with Crippen LogP contribution in [-0.4, -0.2) is 47.4 Å². The molecule has 144 valence electrons. The second-order valence-electron chi connectivity index (χ2n) is 5.82. The molecule has 8 heteroatoms. The van der Waals surface area contributed by atoms with Crippen LogP contribution >= 0.6 is 12.2 Å². The third kappa shape index (κ3) is 6.10. The Kier molecular flexibility index (Phi) is 7.36. The molecule has 0 aliphatic heterocycles. The van der Waals surface area contributed by atoms with E-state index in [0.717, 1.165) is 5.56 Å². The Labute approximate surface area is 163 Å². The molecule has 0 aliphatic carbocycles. The standard InChI is InChI=1S/C19H22N2O5S/c1-12-4-6-14(7-5-12)26-13(2)11-25-16(22)10-21-19(27)17-18(23)15(24-3)8-9-20-17/h4-9,13,23H,10-11H2,1-3H3,(H,21,27)/t13-/m0/s1. The number of thiocarbonyl (C=S) groups is 1. The molecule has 0 saturated heterocycles. The van der Waals surface area contributed by atoms with Gasteiger partial charge in [0.15, 0.2) is 11.5 Å². The molecule has 2 rings (SSSR count). The highest BCUT2D eigenvalue weighted by molar-refractivity contribution is 7.80. The summed E-state index contributed by atoms with van der Waals surface area (Å²) in [6.45, 7) is 3.74. The van der Waals surface area contributed by atoms with E-state index in [0.29, 0.717) is 5.75 Å². The first-order valence-corrected chi connectivity index (χ1v) is 8.70. The molecule has 0 unspecified atom stereocenters. The maximum atomic E-state index is 11.9. The van der Waals surface area contributed by atoms with Gasteiger partial charge in [-0.25, -0.2) is 4.98 Å². The summed E-state index contributed by atoms with van der Waals surface area (Å²) in [5.41, 5.74) is 1.27. The van der Waals surface area contributed by atoms with Gasteiger partial charge in [-0.3, -0.25) is 4.79 Å². The second kappa shape index (κ2) is 9.72. The maximum absolute atomic E-state index is 11.9. The highest BCUT2D eigenvalue weighted by Crippen LogP contribution is 2.27. The Morgan fingerprint density at radius 1 is 1.30 bits per heavy atom. The number of pyridine rings is 1. The second-order valence-corrected chi connectivity index (χ2v) is 6.23. The molecule has 0 bridgehead atoms. The summed E-state index contributed by atoms with van der Waals surface area (Å²) in [5.74, 6) is 0.266. The Bertz CT molecular complexity index is 795. The molecular weight excluding hydrogens is 368 g/mol. The fraction of sp³-hybridized carbons (Fsp3) is 0.316. The van der Waals surface area contributed by atoms with Crippen molar-refractivity contribution in [1.29, 1.82) is 0 Å². The van der Waals surface area contributed by atoms with E-state index in [1.807, 2.05) is 38.1 Å². The zero-order valence-electron chi connectivity index (χ0n) is 15.4. The third-order valence-electron chi connectivity index (χ3n) is 3.55. The lowest BCUT2D eigenvalue weighted by Gasteiger charge is -2.15. The van der Waals surface area contributed by atoms with Crippen LogP contribution in [0.2, 0.25) is 0 Å². The molecule has 0 fully saturated rings. The van der Waals surface area contributed by atoms with Gasteiger partial charge < -0.3 is 24.6 Å². The van der Waals surface area contributed by atoms with E-state index in [-0.39, 0.29) is 41.4 Å². The topological polar surface area (TPSA) is 89.9 Å². The predicted molar refractivity (Wildman–Crippen MR) is 104 cm³/mol. The number of carbonyl (C=O) groups excluding carboxylic acids is 1. The number of esters is 1. The Hall–Kier alpha value is -2.87. The fourth-order valence-corrected chi connectivity index (χ4v) is 2.37. The number of methoxy groups -OCH3 is 1. The van der Waals surface area contributed by atoms with E-state index in [1.165, 1.54) is 19.4 Å². The van der Waals surface area contributed by atoms with Crippen molar-refractivity contribution >= 4 is 23.2 Å². The lowest BCUT2D eigenvalue weighted by molar-refractivity contribution is -0.144. The number of aromatic hydroxyl groups is 1. The predicted octanol–water partition coefficient (Wildman–Crippen LogP) is 2.38. The third-order valence-corrected chi connectivity index (χ3v) is 3.89. The quantitative estimate of drug-likeness (QED) is 0.525. The van der Waals surface area contributed by atoms with Gasteiger partial charge in [0.05, 0.1) is 7.11 Å². The van der Waals surface area contributed by atoms with Crippen LogP contribution in [0.15, 0.2) is 36.5 Å². The average Bonchev–Trinajstić information content (AvgIpc) is 2.66. The molecule has 0 amide bonds. The number of hydrogen-bond donors (Lipinski definition) is 2.